The number of aryl methyl sites for hydroxylation is 1. The van der Waals surface area contributed by atoms with Gasteiger partial charge in [0.15, 0.2) is 11.2 Å². The number of halogens is 1. The van der Waals surface area contributed by atoms with Crippen molar-refractivity contribution in [3.8, 4) is 0 Å². The molecule has 1 aliphatic heterocycles. The standard InChI is InChI=1S/C19H20BrN5O4/c1-11-8-23(13-6-4-12(20)5-7-13)18-21-16-15(24(18)9-11)17(27)25(10-14(26)29-3)19(28)22(16)2/h4-7,11H,8-10H2,1-3H3/t11-/m1/s1. The number of methoxy groups -OCH3 is 1. The van der Waals surface area contributed by atoms with Gasteiger partial charge in [0.05, 0.1) is 7.11 Å². The van der Waals surface area contributed by atoms with Gasteiger partial charge in [0.25, 0.3) is 5.56 Å². The number of benzene rings is 1. The Hall–Kier alpha value is -2.88. The predicted molar refractivity (Wildman–Crippen MR) is 112 cm³/mol. The molecule has 0 radical (unpaired) electrons. The van der Waals surface area contributed by atoms with Gasteiger partial charge in [0.1, 0.15) is 6.54 Å². The van der Waals surface area contributed by atoms with Gasteiger partial charge < -0.3 is 14.2 Å². The molecule has 3 heterocycles. The van der Waals surface area contributed by atoms with Crippen LogP contribution in [-0.2, 0) is 29.7 Å². The van der Waals surface area contributed by atoms with E-state index >= 15 is 0 Å². The molecule has 29 heavy (non-hydrogen) atoms. The monoisotopic (exact) mass is 461 g/mol. The van der Waals surface area contributed by atoms with Crippen LogP contribution in [0.2, 0.25) is 0 Å². The van der Waals surface area contributed by atoms with Gasteiger partial charge in [-0.05, 0) is 30.2 Å². The zero-order valence-corrected chi connectivity index (χ0v) is 17.8. The fourth-order valence-corrected chi connectivity index (χ4v) is 3.94. The molecule has 0 saturated carbocycles. The molecular weight excluding hydrogens is 442 g/mol. The Morgan fingerprint density at radius 2 is 1.93 bits per heavy atom. The summed E-state index contributed by atoms with van der Waals surface area (Å²) in [4.78, 5) is 44.2. The molecule has 10 heteroatoms. The van der Waals surface area contributed by atoms with Crippen molar-refractivity contribution < 1.29 is 9.53 Å². The van der Waals surface area contributed by atoms with Crippen molar-refractivity contribution in [2.45, 2.75) is 20.0 Å². The second kappa shape index (κ2) is 7.18. The SMILES string of the molecule is COC(=O)Cn1c(=O)c2c(nc3n2C[C@H](C)CN3c2ccc(Br)cc2)n(C)c1=O. The summed E-state index contributed by atoms with van der Waals surface area (Å²) >= 11 is 3.44. The number of fused-ring (bicyclic) bond motifs is 3. The van der Waals surface area contributed by atoms with E-state index in [0.29, 0.717) is 23.7 Å². The summed E-state index contributed by atoms with van der Waals surface area (Å²) in [6.07, 6.45) is 0. The van der Waals surface area contributed by atoms with Crippen LogP contribution in [0, 0.1) is 5.92 Å². The first kappa shape index (κ1) is 19.4. The van der Waals surface area contributed by atoms with Crippen LogP contribution in [0.5, 0.6) is 0 Å². The molecule has 152 valence electrons. The van der Waals surface area contributed by atoms with E-state index in [9.17, 15) is 14.4 Å². The zero-order chi connectivity index (χ0) is 20.9. The van der Waals surface area contributed by atoms with E-state index in [1.54, 1.807) is 7.05 Å². The molecule has 0 spiro atoms. The van der Waals surface area contributed by atoms with Crippen LogP contribution >= 0.6 is 15.9 Å². The van der Waals surface area contributed by atoms with E-state index in [-0.39, 0.29) is 5.92 Å². The average Bonchev–Trinajstić information content (AvgIpc) is 3.09. The summed E-state index contributed by atoms with van der Waals surface area (Å²) in [5.41, 5.74) is 0.395. The molecule has 0 bridgehead atoms. The van der Waals surface area contributed by atoms with E-state index in [4.69, 9.17) is 0 Å². The predicted octanol–water partition coefficient (Wildman–Crippen LogP) is 1.62. The van der Waals surface area contributed by atoms with Crippen LogP contribution in [0.15, 0.2) is 38.3 Å². The summed E-state index contributed by atoms with van der Waals surface area (Å²) in [5.74, 6) is 0.185. The number of rotatable bonds is 3. The molecule has 1 aliphatic rings. The van der Waals surface area contributed by atoms with Crippen molar-refractivity contribution in [2.24, 2.45) is 13.0 Å². The Morgan fingerprint density at radius 1 is 1.24 bits per heavy atom. The second-order valence-electron chi connectivity index (χ2n) is 7.20. The summed E-state index contributed by atoms with van der Waals surface area (Å²) in [6.45, 7) is 2.97. The van der Waals surface area contributed by atoms with E-state index in [2.05, 4.69) is 32.6 Å². The number of ether oxygens (including phenoxy) is 1. The van der Waals surface area contributed by atoms with Crippen molar-refractivity contribution in [3.05, 3.63) is 49.6 Å². The first-order chi connectivity index (χ1) is 13.8. The lowest BCUT2D eigenvalue weighted by Crippen LogP contribution is -2.42. The van der Waals surface area contributed by atoms with Gasteiger partial charge in [-0.3, -0.25) is 14.2 Å². The Bertz CT molecular complexity index is 1220. The molecule has 9 nitrogen and oxygen atoms in total. The molecular formula is C19H20BrN5O4. The van der Waals surface area contributed by atoms with Gasteiger partial charge in [-0.15, -0.1) is 0 Å². The number of aromatic nitrogens is 4. The first-order valence-electron chi connectivity index (χ1n) is 9.11. The van der Waals surface area contributed by atoms with E-state index in [1.165, 1.54) is 11.7 Å². The lowest BCUT2D eigenvalue weighted by Gasteiger charge is -2.33. The minimum atomic E-state index is -0.660. The topological polar surface area (TPSA) is 91.4 Å². The summed E-state index contributed by atoms with van der Waals surface area (Å²) in [7, 11) is 2.76. The maximum absolute atomic E-state index is 13.1. The minimum Gasteiger partial charge on any atom is -0.468 e. The number of nitrogens with zero attached hydrogens (tertiary/aromatic N) is 5. The highest BCUT2D eigenvalue weighted by Crippen LogP contribution is 2.33. The van der Waals surface area contributed by atoms with Crippen molar-refractivity contribution in [1.82, 2.24) is 18.7 Å². The zero-order valence-electron chi connectivity index (χ0n) is 16.3. The van der Waals surface area contributed by atoms with Crippen molar-refractivity contribution in [1.29, 1.82) is 0 Å². The van der Waals surface area contributed by atoms with E-state index in [1.807, 2.05) is 33.7 Å². The van der Waals surface area contributed by atoms with Gasteiger partial charge in [0.2, 0.25) is 5.95 Å². The average molecular weight is 462 g/mol. The molecule has 0 saturated heterocycles. The maximum Gasteiger partial charge on any atom is 0.333 e. The fraction of sp³-hybridized carbons (Fsp3) is 0.368. The molecule has 4 rings (SSSR count). The normalized spacial score (nSPS) is 16.1. The molecule has 0 unspecified atom stereocenters. The number of carbonyl (C=O) groups is 1. The highest BCUT2D eigenvalue weighted by Gasteiger charge is 2.30. The molecule has 0 fully saturated rings. The molecule has 3 aromatic rings. The number of imidazole rings is 1. The maximum atomic E-state index is 13.1. The summed E-state index contributed by atoms with van der Waals surface area (Å²) < 4.78 is 9.63. The first-order valence-corrected chi connectivity index (χ1v) is 9.91. The van der Waals surface area contributed by atoms with Gasteiger partial charge >= 0.3 is 11.7 Å². The van der Waals surface area contributed by atoms with Crippen molar-refractivity contribution in [3.63, 3.8) is 0 Å². The van der Waals surface area contributed by atoms with E-state index < -0.39 is 23.8 Å². The van der Waals surface area contributed by atoms with Crippen LogP contribution in [0.25, 0.3) is 11.2 Å². The number of hydrogen-bond acceptors (Lipinski definition) is 6. The largest absolute Gasteiger partial charge is 0.468 e. The van der Waals surface area contributed by atoms with Gasteiger partial charge in [-0.25, -0.2) is 9.36 Å². The third-order valence-corrected chi connectivity index (χ3v) is 5.62. The lowest BCUT2D eigenvalue weighted by molar-refractivity contribution is -0.141. The van der Waals surface area contributed by atoms with E-state index in [0.717, 1.165) is 21.3 Å². The third kappa shape index (κ3) is 3.17. The highest BCUT2D eigenvalue weighted by molar-refractivity contribution is 9.10. The number of hydrogen-bond donors (Lipinski definition) is 0. The molecule has 0 N–H and O–H groups in total. The van der Waals surface area contributed by atoms with Crippen LogP contribution in [0.1, 0.15) is 6.92 Å². The third-order valence-electron chi connectivity index (χ3n) is 5.10. The van der Waals surface area contributed by atoms with Crippen LogP contribution in [-0.4, -0.2) is 38.3 Å². The highest BCUT2D eigenvalue weighted by atomic mass is 79.9. The summed E-state index contributed by atoms with van der Waals surface area (Å²) in [5, 5.41) is 0. The Morgan fingerprint density at radius 3 is 2.59 bits per heavy atom. The quantitative estimate of drug-likeness (QED) is 0.550. The molecule has 0 amide bonds. The second-order valence-corrected chi connectivity index (χ2v) is 8.11. The van der Waals surface area contributed by atoms with Gasteiger partial charge in [-0.1, -0.05) is 22.9 Å². The van der Waals surface area contributed by atoms with Gasteiger partial charge in [-0.2, -0.15) is 4.98 Å². The molecule has 1 atom stereocenters. The Kier molecular flexibility index (Phi) is 4.81. The van der Waals surface area contributed by atoms with Crippen molar-refractivity contribution >= 4 is 44.7 Å². The van der Waals surface area contributed by atoms with Crippen LogP contribution in [0.3, 0.4) is 0 Å². The molecule has 2 aromatic heterocycles. The lowest BCUT2D eigenvalue weighted by atomic mass is 10.1. The smallest absolute Gasteiger partial charge is 0.333 e. The Labute approximate surface area is 174 Å². The number of esters is 1. The van der Waals surface area contributed by atoms with Crippen LogP contribution < -0.4 is 16.1 Å². The Balaban J connectivity index is 1.97. The van der Waals surface area contributed by atoms with Crippen LogP contribution in [0.4, 0.5) is 11.6 Å². The van der Waals surface area contributed by atoms with Crippen molar-refractivity contribution in [2.75, 3.05) is 18.6 Å². The summed E-state index contributed by atoms with van der Waals surface area (Å²) in [6, 6.07) is 7.84. The minimum absolute atomic E-state index is 0.245. The number of carbonyl (C=O) groups excluding carboxylic acids is 1. The number of anilines is 2. The van der Waals surface area contributed by atoms with Gasteiger partial charge in [0, 0.05) is 30.3 Å². The molecule has 1 aromatic carbocycles. The fourth-order valence-electron chi connectivity index (χ4n) is 3.68. The molecule has 0 aliphatic carbocycles.